The molecule has 1 aliphatic carbocycles. The lowest BCUT2D eigenvalue weighted by molar-refractivity contribution is -0.0979. The number of benzene rings is 1. The number of hydrogen-bond donors (Lipinski definition) is 2. The monoisotopic (exact) mass is 248 g/mol. The first-order valence-electron chi connectivity index (χ1n) is 6.62. The molecule has 1 aliphatic rings. The first kappa shape index (κ1) is 13.5. The Morgan fingerprint density at radius 1 is 1.28 bits per heavy atom. The fourth-order valence-corrected chi connectivity index (χ4v) is 2.67. The minimum atomic E-state index is 0.228. The Hall–Kier alpha value is -0.900. The van der Waals surface area contributed by atoms with Gasteiger partial charge in [-0.3, -0.25) is 0 Å². The standard InChI is InChI=1S/C15H24N2O/c1-15(2)13(8-14(15)18-3)17-10-12-6-4-11(9-16)5-7-12/h4-7,13-14,17H,8-10,16H2,1-3H3. The average Bonchev–Trinajstić information content (AvgIpc) is 2.38. The Balaban J connectivity index is 1.85. The van der Waals surface area contributed by atoms with E-state index in [-0.39, 0.29) is 5.41 Å². The van der Waals surface area contributed by atoms with Crippen molar-refractivity contribution >= 4 is 0 Å². The van der Waals surface area contributed by atoms with Crippen LogP contribution in [-0.2, 0) is 17.8 Å². The predicted molar refractivity (Wildman–Crippen MR) is 74.2 cm³/mol. The number of rotatable bonds is 5. The van der Waals surface area contributed by atoms with Crippen LogP contribution in [0.25, 0.3) is 0 Å². The number of hydrogen-bond acceptors (Lipinski definition) is 3. The molecule has 3 N–H and O–H groups in total. The van der Waals surface area contributed by atoms with Crippen molar-refractivity contribution in [2.75, 3.05) is 7.11 Å². The summed E-state index contributed by atoms with van der Waals surface area (Å²) < 4.78 is 5.46. The minimum absolute atomic E-state index is 0.228. The van der Waals surface area contributed by atoms with Gasteiger partial charge in [0, 0.05) is 31.7 Å². The van der Waals surface area contributed by atoms with Gasteiger partial charge in [0.15, 0.2) is 0 Å². The van der Waals surface area contributed by atoms with Gasteiger partial charge in [0.25, 0.3) is 0 Å². The highest BCUT2D eigenvalue weighted by atomic mass is 16.5. The van der Waals surface area contributed by atoms with Gasteiger partial charge >= 0.3 is 0 Å². The third kappa shape index (κ3) is 2.58. The second-order valence-corrected chi connectivity index (χ2v) is 5.74. The zero-order valence-corrected chi connectivity index (χ0v) is 11.6. The first-order valence-corrected chi connectivity index (χ1v) is 6.62. The molecule has 0 radical (unpaired) electrons. The fourth-order valence-electron chi connectivity index (χ4n) is 2.67. The SMILES string of the molecule is COC1CC(NCc2ccc(CN)cc2)C1(C)C. The molecule has 0 saturated heterocycles. The summed E-state index contributed by atoms with van der Waals surface area (Å²) in [6, 6.07) is 9.03. The molecule has 1 fully saturated rings. The van der Waals surface area contributed by atoms with E-state index in [2.05, 4.69) is 43.4 Å². The van der Waals surface area contributed by atoms with Gasteiger partial charge in [-0.05, 0) is 17.5 Å². The van der Waals surface area contributed by atoms with Crippen molar-refractivity contribution < 1.29 is 4.74 Å². The van der Waals surface area contributed by atoms with Crippen LogP contribution in [0, 0.1) is 5.41 Å². The fraction of sp³-hybridized carbons (Fsp3) is 0.600. The van der Waals surface area contributed by atoms with Gasteiger partial charge in [0.1, 0.15) is 0 Å². The van der Waals surface area contributed by atoms with Crippen LogP contribution in [-0.4, -0.2) is 19.3 Å². The van der Waals surface area contributed by atoms with Crippen LogP contribution in [0.5, 0.6) is 0 Å². The van der Waals surface area contributed by atoms with E-state index < -0.39 is 0 Å². The van der Waals surface area contributed by atoms with Crippen LogP contribution in [0.2, 0.25) is 0 Å². The van der Waals surface area contributed by atoms with E-state index in [1.165, 1.54) is 11.1 Å². The molecule has 2 rings (SSSR count). The van der Waals surface area contributed by atoms with E-state index in [4.69, 9.17) is 10.5 Å². The molecule has 18 heavy (non-hydrogen) atoms. The summed E-state index contributed by atoms with van der Waals surface area (Å²) in [6.45, 7) is 6.05. The molecule has 100 valence electrons. The minimum Gasteiger partial charge on any atom is -0.381 e. The Labute approximate surface area is 110 Å². The van der Waals surface area contributed by atoms with E-state index in [1.807, 2.05) is 0 Å². The molecule has 0 aromatic heterocycles. The summed E-state index contributed by atoms with van der Waals surface area (Å²) in [5.74, 6) is 0. The lowest BCUT2D eigenvalue weighted by Gasteiger charge is -2.51. The third-order valence-corrected chi connectivity index (χ3v) is 4.27. The van der Waals surface area contributed by atoms with Crippen LogP contribution < -0.4 is 11.1 Å². The van der Waals surface area contributed by atoms with Crippen LogP contribution in [0.15, 0.2) is 24.3 Å². The molecular weight excluding hydrogens is 224 g/mol. The van der Waals surface area contributed by atoms with Crippen molar-refractivity contribution in [3.05, 3.63) is 35.4 Å². The molecule has 0 amide bonds. The zero-order valence-electron chi connectivity index (χ0n) is 11.6. The summed E-state index contributed by atoms with van der Waals surface area (Å²) in [7, 11) is 1.80. The van der Waals surface area contributed by atoms with Crippen molar-refractivity contribution in [1.82, 2.24) is 5.32 Å². The lowest BCUT2D eigenvalue weighted by Crippen LogP contribution is -2.60. The summed E-state index contributed by atoms with van der Waals surface area (Å²) in [6.07, 6.45) is 1.49. The molecule has 0 bridgehead atoms. The Kier molecular flexibility index (Phi) is 4.05. The molecule has 1 aromatic rings. The van der Waals surface area contributed by atoms with Gasteiger partial charge in [-0.15, -0.1) is 0 Å². The Morgan fingerprint density at radius 2 is 1.89 bits per heavy atom. The van der Waals surface area contributed by atoms with Gasteiger partial charge in [0.2, 0.25) is 0 Å². The van der Waals surface area contributed by atoms with E-state index >= 15 is 0 Å². The van der Waals surface area contributed by atoms with Gasteiger partial charge in [-0.25, -0.2) is 0 Å². The maximum atomic E-state index is 5.59. The van der Waals surface area contributed by atoms with E-state index in [0.717, 1.165) is 13.0 Å². The molecule has 1 aromatic carbocycles. The first-order chi connectivity index (χ1) is 8.57. The van der Waals surface area contributed by atoms with Crippen LogP contribution in [0.3, 0.4) is 0 Å². The van der Waals surface area contributed by atoms with E-state index in [9.17, 15) is 0 Å². The second-order valence-electron chi connectivity index (χ2n) is 5.74. The number of ether oxygens (including phenoxy) is 1. The quantitative estimate of drug-likeness (QED) is 0.838. The highest BCUT2D eigenvalue weighted by Crippen LogP contribution is 2.42. The largest absolute Gasteiger partial charge is 0.381 e. The molecule has 3 nitrogen and oxygen atoms in total. The lowest BCUT2D eigenvalue weighted by atomic mass is 9.64. The summed E-state index contributed by atoms with van der Waals surface area (Å²) in [4.78, 5) is 0. The van der Waals surface area contributed by atoms with Gasteiger partial charge in [-0.2, -0.15) is 0 Å². The smallest absolute Gasteiger partial charge is 0.0652 e. The molecule has 2 atom stereocenters. The van der Waals surface area contributed by atoms with Gasteiger partial charge < -0.3 is 15.8 Å². The molecule has 0 heterocycles. The van der Waals surface area contributed by atoms with Gasteiger partial charge in [-0.1, -0.05) is 38.1 Å². The summed E-state index contributed by atoms with van der Waals surface area (Å²) in [5, 5.41) is 3.62. The molecule has 1 saturated carbocycles. The molecule has 0 spiro atoms. The van der Waals surface area contributed by atoms with E-state index in [0.29, 0.717) is 18.7 Å². The van der Waals surface area contributed by atoms with Crippen LogP contribution in [0.4, 0.5) is 0 Å². The number of nitrogens with two attached hydrogens (primary N) is 1. The Morgan fingerprint density at radius 3 is 2.39 bits per heavy atom. The predicted octanol–water partition coefficient (Wildman–Crippen LogP) is 2.05. The number of methoxy groups -OCH3 is 1. The molecule has 0 aliphatic heterocycles. The molecule has 2 unspecified atom stereocenters. The van der Waals surface area contributed by atoms with Crippen molar-refractivity contribution in [2.45, 2.75) is 45.5 Å². The van der Waals surface area contributed by atoms with Crippen molar-refractivity contribution in [3.63, 3.8) is 0 Å². The van der Waals surface area contributed by atoms with Crippen LogP contribution >= 0.6 is 0 Å². The summed E-state index contributed by atoms with van der Waals surface area (Å²) in [5.41, 5.74) is 8.31. The number of nitrogens with one attached hydrogen (secondary N) is 1. The van der Waals surface area contributed by atoms with Gasteiger partial charge in [0.05, 0.1) is 6.10 Å². The molecular formula is C15H24N2O. The summed E-state index contributed by atoms with van der Waals surface area (Å²) >= 11 is 0. The molecule has 3 heteroatoms. The van der Waals surface area contributed by atoms with Crippen molar-refractivity contribution in [1.29, 1.82) is 0 Å². The highest BCUT2D eigenvalue weighted by molar-refractivity contribution is 5.22. The maximum Gasteiger partial charge on any atom is 0.0652 e. The van der Waals surface area contributed by atoms with Crippen molar-refractivity contribution in [3.8, 4) is 0 Å². The zero-order chi connectivity index (χ0) is 13.2. The topological polar surface area (TPSA) is 47.3 Å². The maximum absolute atomic E-state index is 5.59. The van der Waals surface area contributed by atoms with E-state index in [1.54, 1.807) is 7.11 Å². The highest BCUT2D eigenvalue weighted by Gasteiger charge is 2.48. The Bertz CT molecular complexity index is 386. The second kappa shape index (κ2) is 5.39. The third-order valence-electron chi connectivity index (χ3n) is 4.27. The average molecular weight is 248 g/mol. The van der Waals surface area contributed by atoms with Crippen molar-refractivity contribution in [2.24, 2.45) is 11.1 Å². The van der Waals surface area contributed by atoms with Crippen LogP contribution in [0.1, 0.15) is 31.4 Å². The normalized spacial score (nSPS) is 25.8.